The van der Waals surface area contributed by atoms with Crippen molar-refractivity contribution in [1.82, 2.24) is 10.2 Å². The third-order valence-corrected chi connectivity index (χ3v) is 3.31. The summed E-state index contributed by atoms with van der Waals surface area (Å²) in [6.45, 7) is 11.4. The third-order valence-electron chi connectivity index (χ3n) is 3.31. The highest BCUT2D eigenvalue weighted by Gasteiger charge is 2.02. The molecule has 0 unspecified atom stereocenters. The van der Waals surface area contributed by atoms with Crippen molar-refractivity contribution in [3.63, 3.8) is 0 Å². The molecule has 20 heavy (non-hydrogen) atoms. The van der Waals surface area contributed by atoms with Crippen LogP contribution < -0.4 is 10.1 Å². The number of nitrogens with one attached hydrogen (secondary N) is 1. The maximum atomic E-state index is 5.83. The summed E-state index contributed by atoms with van der Waals surface area (Å²) < 4.78 is 5.83. The Balaban J connectivity index is 2.27. The molecule has 1 aromatic rings. The van der Waals surface area contributed by atoms with Gasteiger partial charge in [-0.3, -0.25) is 0 Å². The van der Waals surface area contributed by atoms with Crippen LogP contribution >= 0.6 is 0 Å². The van der Waals surface area contributed by atoms with Crippen LogP contribution in [0.3, 0.4) is 0 Å². The van der Waals surface area contributed by atoms with E-state index in [-0.39, 0.29) is 0 Å². The number of ether oxygens (including phenoxy) is 1. The van der Waals surface area contributed by atoms with Crippen molar-refractivity contribution in [2.75, 3.05) is 33.3 Å². The van der Waals surface area contributed by atoms with E-state index < -0.39 is 0 Å². The minimum atomic E-state index is 0.749. The van der Waals surface area contributed by atoms with E-state index in [0.717, 1.165) is 44.5 Å². The summed E-state index contributed by atoms with van der Waals surface area (Å²) in [4.78, 5) is 2.34. The van der Waals surface area contributed by atoms with E-state index >= 15 is 0 Å². The van der Waals surface area contributed by atoms with Crippen molar-refractivity contribution in [1.29, 1.82) is 0 Å². The quantitative estimate of drug-likeness (QED) is 0.711. The lowest BCUT2D eigenvalue weighted by Crippen LogP contribution is -2.26. The molecule has 0 radical (unpaired) electrons. The molecule has 0 bridgehead atoms. The molecule has 1 aromatic carbocycles. The van der Waals surface area contributed by atoms with E-state index in [0.29, 0.717) is 0 Å². The maximum absolute atomic E-state index is 5.83. The average molecular weight is 278 g/mol. The van der Waals surface area contributed by atoms with Crippen LogP contribution in [0, 0.1) is 5.92 Å². The Morgan fingerprint density at radius 2 is 2.05 bits per heavy atom. The summed E-state index contributed by atoms with van der Waals surface area (Å²) in [6, 6.07) is 8.34. The van der Waals surface area contributed by atoms with Crippen LogP contribution in [0.1, 0.15) is 32.8 Å². The molecule has 3 heteroatoms. The highest BCUT2D eigenvalue weighted by atomic mass is 16.5. The summed E-state index contributed by atoms with van der Waals surface area (Å²) >= 11 is 0. The van der Waals surface area contributed by atoms with Crippen LogP contribution in [0.4, 0.5) is 0 Å². The molecule has 0 aliphatic rings. The molecule has 3 nitrogen and oxygen atoms in total. The van der Waals surface area contributed by atoms with E-state index in [1.54, 1.807) is 0 Å². The molecule has 0 atom stereocenters. The van der Waals surface area contributed by atoms with Gasteiger partial charge in [-0.15, -0.1) is 0 Å². The minimum Gasteiger partial charge on any atom is -0.492 e. The zero-order valence-corrected chi connectivity index (χ0v) is 13.5. The van der Waals surface area contributed by atoms with Gasteiger partial charge in [-0.1, -0.05) is 32.9 Å². The van der Waals surface area contributed by atoms with Crippen molar-refractivity contribution in [2.45, 2.75) is 33.7 Å². The average Bonchev–Trinajstić information content (AvgIpc) is 2.43. The van der Waals surface area contributed by atoms with Gasteiger partial charge in [0.2, 0.25) is 0 Å². The molecule has 1 rings (SSSR count). The molecule has 114 valence electrons. The fourth-order valence-electron chi connectivity index (χ4n) is 1.92. The van der Waals surface area contributed by atoms with Gasteiger partial charge >= 0.3 is 0 Å². The van der Waals surface area contributed by atoms with Crippen LogP contribution in [-0.2, 0) is 6.54 Å². The first-order valence-electron chi connectivity index (χ1n) is 7.72. The van der Waals surface area contributed by atoms with Crippen molar-refractivity contribution >= 4 is 0 Å². The first kappa shape index (κ1) is 17.0. The molecule has 0 saturated carbocycles. The summed E-state index contributed by atoms with van der Waals surface area (Å²) in [5.74, 6) is 1.73. The minimum absolute atomic E-state index is 0.749. The van der Waals surface area contributed by atoms with Crippen molar-refractivity contribution in [3.8, 4) is 5.75 Å². The normalized spacial score (nSPS) is 11.3. The predicted octanol–water partition coefficient (Wildman–Crippen LogP) is 3.15. The predicted molar refractivity (Wildman–Crippen MR) is 86.3 cm³/mol. The first-order valence-corrected chi connectivity index (χ1v) is 7.72. The van der Waals surface area contributed by atoms with Gasteiger partial charge in [0.15, 0.2) is 0 Å². The van der Waals surface area contributed by atoms with Gasteiger partial charge in [0.25, 0.3) is 0 Å². The summed E-state index contributed by atoms with van der Waals surface area (Å²) in [5, 5.41) is 3.33. The monoisotopic (exact) mass is 278 g/mol. The maximum Gasteiger partial charge on any atom is 0.119 e. The Bertz CT molecular complexity index is 366. The van der Waals surface area contributed by atoms with Gasteiger partial charge in [0, 0.05) is 13.1 Å². The number of benzene rings is 1. The van der Waals surface area contributed by atoms with Crippen LogP contribution in [0.15, 0.2) is 24.3 Å². The summed E-state index contributed by atoms with van der Waals surface area (Å²) in [5.41, 5.74) is 1.28. The Hall–Kier alpha value is -1.06. The SMILES string of the molecule is CCNCc1cccc(OCCN(C)CCC(C)C)c1. The summed E-state index contributed by atoms with van der Waals surface area (Å²) in [6.07, 6.45) is 1.24. The van der Waals surface area contributed by atoms with E-state index in [1.165, 1.54) is 12.0 Å². The summed E-state index contributed by atoms with van der Waals surface area (Å²) in [7, 11) is 2.16. The second-order valence-corrected chi connectivity index (χ2v) is 5.76. The highest BCUT2D eigenvalue weighted by Crippen LogP contribution is 2.13. The van der Waals surface area contributed by atoms with Gasteiger partial charge in [0.05, 0.1) is 0 Å². The Morgan fingerprint density at radius 1 is 1.25 bits per heavy atom. The lowest BCUT2D eigenvalue weighted by Gasteiger charge is -2.18. The van der Waals surface area contributed by atoms with Crippen LogP contribution in [0.2, 0.25) is 0 Å². The molecule has 0 amide bonds. The van der Waals surface area contributed by atoms with Crippen LogP contribution in [-0.4, -0.2) is 38.2 Å². The van der Waals surface area contributed by atoms with Gasteiger partial charge in [0.1, 0.15) is 12.4 Å². The van der Waals surface area contributed by atoms with Crippen LogP contribution in [0.5, 0.6) is 5.75 Å². The van der Waals surface area contributed by atoms with E-state index in [9.17, 15) is 0 Å². The Labute approximate surface area is 124 Å². The van der Waals surface area contributed by atoms with Gasteiger partial charge in [-0.2, -0.15) is 0 Å². The molecule has 1 N–H and O–H groups in total. The molecule has 0 aliphatic heterocycles. The molecule has 0 fully saturated rings. The van der Waals surface area contributed by atoms with E-state index in [2.05, 4.69) is 56.2 Å². The smallest absolute Gasteiger partial charge is 0.119 e. The molecule has 0 aliphatic carbocycles. The Morgan fingerprint density at radius 3 is 2.75 bits per heavy atom. The fourth-order valence-corrected chi connectivity index (χ4v) is 1.92. The third kappa shape index (κ3) is 7.51. The first-order chi connectivity index (χ1) is 9.61. The van der Waals surface area contributed by atoms with Gasteiger partial charge in [-0.25, -0.2) is 0 Å². The molecular formula is C17H30N2O. The largest absolute Gasteiger partial charge is 0.492 e. The lowest BCUT2D eigenvalue weighted by molar-refractivity contribution is 0.230. The second-order valence-electron chi connectivity index (χ2n) is 5.76. The van der Waals surface area contributed by atoms with E-state index in [4.69, 9.17) is 4.74 Å². The van der Waals surface area contributed by atoms with Crippen molar-refractivity contribution < 1.29 is 4.74 Å². The standard InChI is InChI=1S/C17H30N2O/c1-5-18-14-16-7-6-8-17(13-16)20-12-11-19(4)10-9-15(2)3/h6-8,13,15,18H,5,9-12,14H2,1-4H3. The Kier molecular flexibility index (Phi) is 8.31. The van der Waals surface area contributed by atoms with Crippen molar-refractivity contribution in [2.24, 2.45) is 5.92 Å². The lowest BCUT2D eigenvalue weighted by atomic mass is 10.1. The number of hydrogen-bond donors (Lipinski definition) is 1. The van der Waals surface area contributed by atoms with Gasteiger partial charge in [-0.05, 0) is 50.2 Å². The van der Waals surface area contributed by atoms with Gasteiger partial charge < -0.3 is 15.0 Å². The molecular weight excluding hydrogens is 248 g/mol. The second kappa shape index (κ2) is 9.78. The number of rotatable bonds is 10. The molecule has 0 spiro atoms. The molecule has 0 heterocycles. The zero-order chi connectivity index (χ0) is 14.8. The van der Waals surface area contributed by atoms with Crippen molar-refractivity contribution in [3.05, 3.63) is 29.8 Å². The number of hydrogen-bond acceptors (Lipinski definition) is 3. The number of nitrogens with zero attached hydrogens (tertiary/aromatic N) is 1. The highest BCUT2D eigenvalue weighted by molar-refractivity contribution is 5.28. The number of likely N-dealkylation sites (N-methyl/N-ethyl adjacent to an activating group) is 1. The molecule has 0 aromatic heterocycles. The zero-order valence-electron chi connectivity index (χ0n) is 13.5. The topological polar surface area (TPSA) is 24.5 Å². The fraction of sp³-hybridized carbons (Fsp3) is 0.647. The molecule has 0 saturated heterocycles. The van der Waals surface area contributed by atoms with E-state index in [1.807, 2.05) is 6.07 Å². The van der Waals surface area contributed by atoms with Crippen LogP contribution in [0.25, 0.3) is 0 Å².